The number of rotatable bonds is 6. The molecule has 1 aromatic heterocycles. The van der Waals surface area contributed by atoms with Gasteiger partial charge in [-0.05, 0) is 43.0 Å². The topological polar surface area (TPSA) is 21.3 Å². The number of benzene rings is 1. The normalized spacial score (nSPS) is 12.4. The van der Waals surface area contributed by atoms with Gasteiger partial charge in [-0.1, -0.05) is 33.6 Å². The van der Waals surface area contributed by atoms with Crippen molar-refractivity contribution in [2.75, 3.05) is 6.54 Å². The van der Waals surface area contributed by atoms with E-state index in [1.807, 2.05) is 26.0 Å². The fourth-order valence-corrected chi connectivity index (χ4v) is 3.58. The first-order chi connectivity index (χ1) is 9.56. The van der Waals surface area contributed by atoms with Gasteiger partial charge in [-0.3, -0.25) is 0 Å². The van der Waals surface area contributed by atoms with E-state index in [1.165, 1.54) is 4.88 Å². The highest BCUT2D eigenvalue weighted by molar-refractivity contribution is 9.10. The van der Waals surface area contributed by atoms with Crippen LogP contribution in [0.1, 0.15) is 17.4 Å². The largest absolute Gasteiger partial charge is 0.488 e. The Morgan fingerprint density at radius 2 is 2.25 bits per heavy atom. The van der Waals surface area contributed by atoms with Crippen LogP contribution >= 0.6 is 38.9 Å². The van der Waals surface area contributed by atoms with Crippen molar-refractivity contribution in [1.29, 1.82) is 0 Å². The van der Waals surface area contributed by atoms with E-state index in [0.29, 0.717) is 5.02 Å². The summed E-state index contributed by atoms with van der Waals surface area (Å²) >= 11 is 11.4. The molecule has 20 heavy (non-hydrogen) atoms. The molecule has 108 valence electrons. The van der Waals surface area contributed by atoms with Gasteiger partial charge < -0.3 is 10.1 Å². The van der Waals surface area contributed by atoms with Crippen LogP contribution in [0.2, 0.25) is 5.02 Å². The predicted molar refractivity (Wildman–Crippen MR) is 90.0 cm³/mol. The zero-order valence-corrected chi connectivity index (χ0v) is 14.6. The standard InChI is InChI=1S/C15H17BrClNOS/c1-10-6-12(16)7-14(17)15(10)19-11(2)8-18-9-13-4-3-5-20-13/h3-7,11,18H,8-9H2,1-2H3. The first-order valence-electron chi connectivity index (χ1n) is 6.41. The van der Waals surface area contributed by atoms with Crippen molar-refractivity contribution in [1.82, 2.24) is 5.32 Å². The summed E-state index contributed by atoms with van der Waals surface area (Å²) in [6.45, 7) is 5.69. The number of aryl methyl sites for hydroxylation is 1. The molecule has 5 heteroatoms. The van der Waals surface area contributed by atoms with E-state index in [0.717, 1.165) is 28.9 Å². The Hall–Kier alpha value is -0.550. The molecule has 0 saturated heterocycles. The highest BCUT2D eigenvalue weighted by Crippen LogP contribution is 2.32. The maximum absolute atomic E-state index is 6.22. The van der Waals surface area contributed by atoms with Gasteiger partial charge in [0.05, 0.1) is 5.02 Å². The lowest BCUT2D eigenvalue weighted by molar-refractivity contribution is 0.215. The molecule has 1 N–H and O–H groups in total. The number of thiophene rings is 1. The summed E-state index contributed by atoms with van der Waals surface area (Å²) in [5.74, 6) is 0.764. The van der Waals surface area contributed by atoms with Crippen LogP contribution in [0.3, 0.4) is 0 Å². The lowest BCUT2D eigenvalue weighted by Gasteiger charge is -2.18. The summed E-state index contributed by atoms with van der Waals surface area (Å²) in [4.78, 5) is 1.33. The van der Waals surface area contributed by atoms with Crippen molar-refractivity contribution in [3.63, 3.8) is 0 Å². The average molecular weight is 375 g/mol. The number of halogens is 2. The summed E-state index contributed by atoms with van der Waals surface area (Å²) < 4.78 is 6.91. The van der Waals surface area contributed by atoms with Crippen molar-refractivity contribution in [3.8, 4) is 5.75 Å². The van der Waals surface area contributed by atoms with Crippen LogP contribution in [-0.4, -0.2) is 12.6 Å². The molecule has 2 nitrogen and oxygen atoms in total. The second kappa shape index (κ2) is 7.46. The highest BCUT2D eigenvalue weighted by atomic mass is 79.9. The number of hydrogen-bond acceptors (Lipinski definition) is 3. The Bertz CT molecular complexity index is 536. The molecule has 1 unspecified atom stereocenters. The van der Waals surface area contributed by atoms with Crippen LogP contribution in [0, 0.1) is 6.92 Å². The van der Waals surface area contributed by atoms with Gasteiger partial charge in [0.1, 0.15) is 11.9 Å². The Labute approximate surface area is 137 Å². The zero-order valence-electron chi connectivity index (χ0n) is 11.5. The smallest absolute Gasteiger partial charge is 0.141 e. The van der Waals surface area contributed by atoms with Crippen LogP contribution < -0.4 is 10.1 Å². The van der Waals surface area contributed by atoms with Crippen LogP contribution in [0.15, 0.2) is 34.1 Å². The minimum absolute atomic E-state index is 0.0623. The van der Waals surface area contributed by atoms with Crippen LogP contribution in [0.4, 0.5) is 0 Å². The lowest BCUT2D eigenvalue weighted by Crippen LogP contribution is -2.28. The quantitative estimate of drug-likeness (QED) is 0.765. The van der Waals surface area contributed by atoms with Gasteiger partial charge in [-0.25, -0.2) is 0 Å². The molecule has 0 aliphatic rings. The van der Waals surface area contributed by atoms with E-state index in [-0.39, 0.29) is 6.10 Å². The average Bonchev–Trinajstić information content (AvgIpc) is 2.87. The Balaban J connectivity index is 1.86. The van der Waals surface area contributed by atoms with E-state index >= 15 is 0 Å². The van der Waals surface area contributed by atoms with Gasteiger partial charge >= 0.3 is 0 Å². The minimum Gasteiger partial charge on any atom is -0.488 e. The number of hydrogen-bond donors (Lipinski definition) is 1. The highest BCUT2D eigenvalue weighted by Gasteiger charge is 2.11. The fraction of sp³-hybridized carbons (Fsp3) is 0.333. The van der Waals surface area contributed by atoms with Crippen molar-refractivity contribution >= 4 is 38.9 Å². The molecular weight excluding hydrogens is 358 g/mol. The molecule has 1 atom stereocenters. The van der Waals surface area contributed by atoms with Gasteiger partial charge in [0.15, 0.2) is 0 Å². The van der Waals surface area contributed by atoms with Gasteiger partial charge in [0.2, 0.25) is 0 Å². The molecule has 0 spiro atoms. The van der Waals surface area contributed by atoms with Crippen molar-refractivity contribution in [3.05, 3.63) is 49.6 Å². The van der Waals surface area contributed by atoms with E-state index < -0.39 is 0 Å². The molecule has 1 aromatic carbocycles. The third kappa shape index (κ3) is 4.48. The third-order valence-electron chi connectivity index (χ3n) is 2.82. The van der Waals surface area contributed by atoms with Crippen molar-refractivity contribution in [2.24, 2.45) is 0 Å². The summed E-state index contributed by atoms with van der Waals surface area (Å²) in [6.07, 6.45) is 0.0623. The molecule has 0 fully saturated rings. The summed E-state index contributed by atoms with van der Waals surface area (Å²) in [6, 6.07) is 8.05. The summed E-state index contributed by atoms with van der Waals surface area (Å²) in [5, 5.41) is 6.12. The maximum atomic E-state index is 6.22. The second-order valence-electron chi connectivity index (χ2n) is 4.67. The monoisotopic (exact) mass is 373 g/mol. The van der Waals surface area contributed by atoms with Crippen LogP contribution in [0.25, 0.3) is 0 Å². The predicted octanol–water partition coefficient (Wildman–Crippen LogP) is 5.03. The van der Waals surface area contributed by atoms with Crippen molar-refractivity contribution in [2.45, 2.75) is 26.5 Å². The lowest BCUT2D eigenvalue weighted by atomic mass is 10.2. The maximum Gasteiger partial charge on any atom is 0.141 e. The van der Waals surface area contributed by atoms with Crippen molar-refractivity contribution < 1.29 is 4.74 Å². The van der Waals surface area contributed by atoms with Gasteiger partial charge in [-0.15, -0.1) is 11.3 Å². The summed E-state index contributed by atoms with van der Waals surface area (Å²) in [7, 11) is 0. The van der Waals surface area contributed by atoms with E-state index in [9.17, 15) is 0 Å². The van der Waals surface area contributed by atoms with Gasteiger partial charge in [0.25, 0.3) is 0 Å². The van der Waals surface area contributed by atoms with Gasteiger partial charge in [0, 0.05) is 22.4 Å². The molecular formula is C15H17BrClNOS. The van der Waals surface area contributed by atoms with Crippen LogP contribution in [-0.2, 0) is 6.54 Å². The number of ether oxygens (including phenoxy) is 1. The molecule has 0 aliphatic carbocycles. The SMILES string of the molecule is Cc1cc(Br)cc(Cl)c1OC(C)CNCc1cccs1. The third-order valence-corrected chi connectivity index (χ3v) is 4.44. The van der Waals surface area contributed by atoms with E-state index in [4.69, 9.17) is 16.3 Å². The summed E-state index contributed by atoms with van der Waals surface area (Å²) in [5.41, 5.74) is 1.04. The molecule has 1 heterocycles. The Kier molecular flexibility index (Phi) is 5.90. The Morgan fingerprint density at radius 1 is 1.45 bits per heavy atom. The van der Waals surface area contributed by atoms with E-state index in [1.54, 1.807) is 11.3 Å². The fourth-order valence-electron chi connectivity index (χ4n) is 1.89. The first-order valence-corrected chi connectivity index (χ1v) is 8.46. The molecule has 0 bridgehead atoms. The molecule has 0 saturated carbocycles. The molecule has 0 amide bonds. The number of nitrogens with one attached hydrogen (secondary N) is 1. The minimum atomic E-state index is 0.0623. The first kappa shape index (κ1) is 15.8. The van der Waals surface area contributed by atoms with E-state index in [2.05, 4.69) is 38.8 Å². The molecule has 2 aromatic rings. The van der Waals surface area contributed by atoms with Gasteiger partial charge in [-0.2, -0.15) is 0 Å². The van der Waals surface area contributed by atoms with Crippen LogP contribution in [0.5, 0.6) is 5.75 Å². The molecule has 2 rings (SSSR count). The zero-order chi connectivity index (χ0) is 14.5. The Morgan fingerprint density at radius 3 is 2.90 bits per heavy atom. The molecule has 0 radical (unpaired) electrons. The molecule has 0 aliphatic heterocycles. The second-order valence-corrected chi connectivity index (χ2v) is 7.03.